The molecule has 2 aromatic rings. The van der Waals surface area contributed by atoms with E-state index in [-0.39, 0.29) is 0 Å². The van der Waals surface area contributed by atoms with E-state index in [1.165, 1.54) is 51.1 Å². The predicted molar refractivity (Wildman–Crippen MR) is 84.2 cm³/mol. The van der Waals surface area contributed by atoms with Crippen molar-refractivity contribution in [3.63, 3.8) is 0 Å². The van der Waals surface area contributed by atoms with Crippen LogP contribution in [0.3, 0.4) is 0 Å². The van der Waals surface area contributed by atoms with Gasteiger partial charge in [0.05, 0.1) is 5.69 Å². The molecule has 1 aliphatic heterocycles. The zero-order chi connectivity index (χ0) is 13.8. The second-order valence-electron chi connectivity index (χ2n) is 5.75. The summed E-state index contributed by atoms with van der Waals surface area (Å²) in [7, 11) is 0. The highest BCUT2D eigenvalue weighted by Gasteiger charge is 2.17. The highest BCUT2D eigenvalue weighted by molar-refractivity contribution is 7.15. The van der Waals surface area contributed by atoms with Crippen LogP contribution in [-0.4, -0.2) is 40.5 Å². The van der Waals surface area contributed by atoms with E-state index >= 15 is 0 Å². The van der Waals surface area contributed by atoms with Gasteiger partial charge in [-0.2, -0.15) is 0 Å². The van der Waals surface area contributed by atoms with E-state index in [4.69, 9.17) is 4.98 Å². The SMILES string of the molecule is CCCN(Cc1cn2ccsc2n1)CC1CCNCC1. The van der Waals surface area contributed by atoms with Gasteiger partial charge in [-0.15, -0.1) is 11.3 Å². The lowest BCUT2D eigenvalue weighted by Gasteiger charge is -2.29. The maximum atomic E-state index is 4.72. The average Bonchev–Trinajstić information content (AvgIpc) is 3.01. The van der Waals surface area contributed by atoms with Crippen molar-refractivity contribution in [2.24, 2.45) is 5.92 Å². The van der Waals surface area contributed by atoms with Gasteiger partial charge in [0.25, 0.3) is 0 Å². The third-order valence-electron chi connectivity index (χ3n) is 4.04. The van der Waals surface area contributed by atoms with E-state index in [1.54, 1.807) is 11.3 Å². The molecule has 1 N–H and O–H groups in total. The van der Waals surface area contributed by atoms with Crippen molar-refractivity contribution in [2.45, 2.75) is 32.7 Å². The maximum Gasteiger partial charge on any atom is 0.193 e. The molecule has 1 saturated heterocycles. The lowest BCUT2D eigenvalue weighted by Crippen LogP contribution is -2.36. The van der Waals surface area contributed by atoms with Gasteiger partial charge >= 0.3 is 0 Å². The van der Waals surface area contributed by atoms with Crippen LogP contribution >= 0.6 is 11.3 Å². The molecular weight excluding hydrogens is 268 g/mol. The summed E-state index contributed by atoms with van der Waals surface area (Å²) >= 11 is 1.71. The molecule has 1 fully saturated rings. The van der Waals surface area contributed by atoms with E-state index < -0.39 is 0 Å². The van der Waals surface area contributed by atoms with E-state index in [0.29, 0.717) is 0 Å². The highest BCUT2D eigenvalue weighted by atomic mass is 32.1. The average molecular weight is 292 g/mol. The van der Waals surface area contributed by atoms with Gasteiger partial charge in [-0.1, -0.05) is 6.92 Å². The van der Waals surface area contributed by atoms with Crippen molar-refractivity contribution in [1.82, 2.24) is 19.6 Å². The summed E-state index contributed by atoms with van der Waals surface area (Å²) in [6.07, 6.45) is 8.12. The molecule has 0 unspecified atom stereocenters. The summed E-state index contributed by atoms with van der Waals surface area (Å²) in [6, 6.07) is 0. The molecule has 1 aliphatic rings. The van der Waals surface area contributed by atoms with E-state index in [0.717, 1.165) is 17.4 Å². The number of imidazole rings is 1. The number of aromatic nitrogens is 2. The second-order valence-corrected chi connectivity index (χ2v) is 6.63. The largest absolute Gasteiger partial charge is 0.317 e. The molecule has 0 bridgehead atoms. The minimum absolute atomic E-state index is 0.853. The fourth-order valence-corrected chi connectivity index (χ4v) is 3.78. The van der Waals surface area contributed by atoms with Gasteiger partial charge in [-0.25, -0.2) is 4.98 Å². The monoisotopic (exact) mass is 292 g/mol. The van der Waals surface area contributed by atoms with Crippen molar-refractivity contribution < 1.29 is 0 Å². The Balaban J connectivity index is 1.62. The van der Waals surface area contributed by atoms with Gasteiger partial charge < -0.3 is 5.32 Å². The third-order valence-corrected chi connectivity index (χ3v) is 4.81. The zero-order valence-electron chi connectivity index (χ0n) is 12.2. The van der Waals surface area contributed by atoms with Gasteiger partial charge in [0, 0.05) is 30.9 Å². The van der Waals surface area contributed by atoms with Crippen LogP contribution in [0.15, 0.2) is 17.8 Å². The number of fused-ring (bicyclic) bond motifs is 1. The first kappa shape index (κ1) is 14.0. The molecule has 0 amide bonds. The minimum atomic E-state index is 0.853. The Morgan fingerprint density at radius 2 is 2.30 bits per heavy atom. The molecule has 0 aromatic carbocycles. The maximum absolute atomic E-state index is 4.72. The molecule has 2 aromatic heterocycles. The van der Waals surface area contributed by atoms with Crippen LogP contribution < -0.4 is 5.32 Å². The standard InChI is InChI=1S/C15H24N4S/c1-2-7-18(10-13-3-5-16-6-4-13)11-14-12-19-8-9-20-15(19)17-14/h8-9,12-13,16H,2-7,10-11H2,1H3. The van der Waals surface area contributed by atoms with E-state index in [2.05, 4.69) is 39.3 Å². The van der Waals surface area contributed by atoms with E-state index in [1.807, 2.05) is 0 Å². The second kappa shape index (κ2) is 6.70. The predicted octanol–water partition coefficient (Wildman–Crippen LogP) is 2.61. The van der Waals surface area contributed by atoms with Crippen LogP contribution in [-0.2, 0) is 6.54 Å². The van der Waals surface area contributed by atoms with Crippen LogP contribution in [0.1, 0.15) is 31.9 Å². The fraction of sp³-hybridized carbons (Fsp3) is 0.667. The molecule has 0 saturated carbocycles. The lowest BCUT2D eigenvalue weighted by atomic mass is 9.97. The Hall–Kier alpha value is -0.910. The Bertz CT molecular complexity index is 498. The molecule has 3 heterocycles. The number of nitrogens with one attached hydrogen (secondary N) is 1. The number of piperidine rings is 1. The first-order valence-corrected chi connectivity index (χ1v) is 8.57. The minimum Gasteiger partial charge on any atom is -0.317 e. The van der Waals surface area contributed by atoms with E-state index in [9.17, 15) is 0 Å². The summed E-state index contributed by atoms with van der Waals surface area (Å²) < 4.78 is 2.13. The molecule has 3 rings (SSSR count). The van der Waals surface area contributed by atoms with Crippen molar-refractivity contribution in [3.05, 3.63) is 23.5 Å². The molecule has 5 heteroatoms. The van der Waals surface area contributed by atoms with Gasteiger partial charge in [0.1, 0.15) is 0 Å². The summed E-state index contributed by atoms with van der Waals surface area (Å²) in [5, 5.41) is 5.54. The van der Waals surface area contributed by atoms with Gasteiger partial charge in [0.15, 0.2) is 4.96 Å². The summed E-state index contributed by atoms with van der Waals surface area (Å²) in [5.74, 6) is 0.853. The number of hydrogen-bond donors (Lipinski definition) is 1. The van der Waals surface area contributed by atoms with Crippen molar-refractivity contribution in [2.75, 3.05) is 26.2 Å². The third kappa shape index (κ3) is 3.40. The lowest BCUT2D eigenvalue weighted by molar-refractivity contribution is 0.197. The number of thiazole rings is 1. The van der Waals surface area contributed by atoms with Crippen molar-refractivity contribution in [3.8, 4) is 0 Å². The highest BCUT2D eigenvalue weighted by Crippen LogP contribution is 2.17. The van der Waals surface area contributed by atoms with Crippen LogP contribution in [0.2, 0.25) is 0 Å². The summed E-state index contributed by atoms with van der Waals surface area (Å²) in [6.45, 7) is 8.03. The molecule has 20 heavy (non-hydrogen) atoms. The van der Waals surface area contributed by atoms with Crippen LogP contribution in [0, 0.1) is 5.92 Å². The normalized spacial score (nSPS) is 17.3. The Morgan fingerprint density at radius 3 is 3.05 bits per heavy atom. The first-order valence-electron chi connectivity index (χ1n) is 7.69. The Kier molecular flexibility index (Phi) is 4.70. The zero-order valence-corrected chi connectivity index (χ0v) is 13.0. The molecule has 0 spiro atoms. The topological polar surface area (TPSA) is 32.6 Å². The molecule has 110 valence electrons. The van der Waals surface area contributed by atoms with Gasteiger partial charge in [-0.3, -0.25) is 9.30 Å². The number of hydrogen-bond acceptors (Lipinski definition) is 4. The fourth-order valence-electron chi connectivity index (χ4n) is 3.06. The van der Waals surface area contributed by atoms with Crippen molar-refractivity contribution in [1.29, 1.82) is 0 Å². The molecule has 4 nitrogen and oxygen atoms in total. The Morgan fingerprint density at radius 1 is 1.45 bits per heavy atom. The van der Waals surface area contributed by atoms with Gasteiger partial charge in [0.2, 0.25) is 0 Å². The molecular formula is C15H24N4S. The van der Waals surface area contributed by atoms with Crippen molar-refractivity contribution >= 4 is 16.3 Å². The quantitative estimate of drug-likeness (QED) is 0.888. The molecule has 0 aliphatic carbocycles. The molecule has 0 atom stereocenters. The van der Waals surface area contributed by atoms with Crippen LogP contribution in [0.4, 0.5) is 0 Å². The summed E-state index contributed by atoms with van der Waals surface area (Å²) in [4.78, 5) is 8.41. The first-order chi connectivity index (χ1) is 9.85. The number of nitrogens with zero attached hydrogens (tertiary/aromatic N) is 3. The Labute approximate surface area is 124 Å². The van der Waals surface area contributed by atoms with Gasteiger partial charge in [-0.05, 0) is 44.8 Å². The molecule has 0 radical (unpaired) electrons. The van der Waals surface area contributed by atoms with Crippen LogP contribution in [0.25, 0.3) is 4.96 Å². The smallest absolute Gasteiger partial charge is 0.193 e. The van der Waals surface area contributed by atoms with Crippen LogP contribution in [0.5, 0.6) is 0 Å². The number of rotatable bonds is 6. The summed E-state index contributed by atoms with van der Waals surface area (Å²) in [5.41, 5.74) is 1.21.